The fourth-order valence-electron chi connectivity index (χ4n) is 2.61. The number of hydrogen-bond donors (Lipinski definition) is 1. The third kappa shape index (κ3) is 2.58. The van der Waals surface area contributed by atoms with E-state index in [0.29, 0.717) is 12.0 Å². The lowest BCUT2D eigenvalue weighted by Gasteiger charge is -2.26. The van der Waals surface area contributed by atoms with Crippen LogP contribution in [0.3, 0.4) is 0 Å². The summed E-state index contributed by atoms with van der Waals surface area (Å²) >= 11 is 5.94. The molecule has 0 aliphatic heterocycles. The van der Waals surface area contributed by atoms with Gasteiger partial charge in [-0.05, 0) is 49.9 Å². The third-order valence-corrected chi connectivity index (χ3v) is 3.88. The molecule has 0 bridgehead atoms. The van der Waals surface area contributed by atoms with Crippen molar-refractivity contribution in [3.8, 4) is 0 Å². The van der Waals surface area contributed by atoms with Crippen molar-refractivity contribution in [1.82, 2.24) is 5.32 Å². The Labute approximate surface area is 103 Å². The van der Waals surface area contributed by atoms with Gasteiger partial charge in [0.1, 0.15) is 0 Å². The van der Waals surface area contributed by atoms with E-state index in [2.05, 4.69) is 31.4 Å². The van der Waals surface area contributed by atoms with Gasteiger partial charge in [-0.25, -0.2) is 0 Å². The fraction of sp³-hybridized carbons (Fsp3) is 0.571. The Morgan fingerprint density at radius 1 is 1.31 bits per heavy atom. The summed E-state index contributed by atoms with van der Waals surface area (Å²) in [6.07, 6.45) is 3.94. The van der Waals surface area contributed by atoms with Gasteiger partial charge < -0.3 is 5.32 Å². The van der Waals surface area contributed by atoms with Crippen LogP contribution in [0.25, 0.3) is 0 Å². The Bertz CT molecular complexity index is 325. The standard InChI is InChI=1S/C14H20ClN/c1-3-13(16-2)14(10-4-5-10)11-6-8-12(15)9-7-11/h6-10,13-14,16H,3-5H2,1-2H3. The zero-order chi connectivity index (χ0) is 11.5. The highest BCUT2D eigenvalue weighted by Crippen LogP contribution is 2.45. The second-order valence-corrected chi connectivity index (χ2v) is 5.15. The van der Waals surface area contributed by atoms with Gasteiger partial charge in [-0.2, -0.15) is 0 Å². The van der Waals surface area contributed by atoms with Gasteiger partial charge in [-0.3, -0.25) is 0 Å². The summed E-state index contributed by atoms with van der Waals surface area (Å²) in [5.74, 6) is 1.53. The monoisotopic (exact) mass is 237 g/mol. The molecule has 0 radical (unpaired) electrons. The van der Waals surface area contributed by atoms with E-state index in [1.807, 2.05) is 12.1 Å². The van der Waals surface area contributed by atoms with Crippen LogP contribution in [0, 0.1) is 5.92 Å². The molecule has 1 aromatic carbocycles. The SMILES string of the molecule is CCC(NC)C(c1ccc(Cl)cc1)C1CC1. The molecule has 0 aromatic heterocycles. The lowest BCUT2D eigenvalue weighted by Crippen LogP contribution is -2.32. The molecule has 1 aromatic rings. The zero-order valence-corrected chi connectivity index (χ0v) is 10.8. The van der Waals surface area contributed by atoms with Crippen LogP contribution in [0.5, 0.6) is 0 Å². The molecule has 16 heavy (non-hydrogen) atoms. The van der Waals surface area contributed by atoms with Crippen LogP contribution in [0.1, 0.15) is 37.7 Å². The lowest BCUT2D eigenvalue weighted by molar-refractivity contribution is 0.414. The van der Waals surface area contributed by atoms with Gasteiger partial charge in [0.05, 0.1) is 0 Å². The van der Waals surface area contributed by atoms with Gasteiger partial charge in [-0.1, -0.05) is 30.7 Å². The van der Waals surface area contributed by atoms with Crippen molar-refractivity contribution in [3.05, 3.63) is 34.9 Å². The molecule has 2 atom stereocenters. The Balaban J connectivity index is 2.21. The molecule has 2 unspecified atom stereocenters. The summed E-state index contributed by atoms with van der Waals surface area (Å²) in [4.78, 5) is 0. The van der Waals surface area contributed by atoms with Gasteiger partial charge in [0.2, 0.25) is 0 Å². The maximum absolute atomic E-state index is 5.94. The van der Waals surface area contributed by atoms with Crippen molar-refractivity contribution in [2.24, 2.45) is 5.92 Å². The molecule has 1 saturated carbocycles. The van der Waals surface area contributed by atoms with E-state index in [1.165, 1.54) is 24.8 Å². The van der Waals surface area contributed by atoms with Crippen molar-refractivity contribution >= 4 is 11.6 Å². The highest BCUT2D eigenvalue weighted by molar-refractivity contribution is 6.30. The second kappa shape index (κ2) is 5.20. The molecule has 0 saturated heterocycles. The quantitative estimate of drug-likeness (QED) is 0.821. The number of benzene rings is 1. The third-order valence-electron chi connectivity index (χ3n) is 3.63. The minimum atomic E-state index is 0.591. The topological polar surface area (TPSA) is 12.0 Å². The number of halogens is 1. The molecule has 2 heteroatoms. The van der Waals surface area contributed by atoms with Gasteiger partial charge in [-0.15, -0.1) is 0 Å². The van der Waals surface area contributed by atoms with Crippen LogP contribution in [0.2, 0.25) is 5.02 Å². The fourth-order valence-corrected chi connectivity index (χ4v) is 2.74. The van der Waals surface area contributed by atoms with Crippen LogP contribution in [-0.4, -0.2) is 13.1 Å². The first kappa shape index (κ1) is 11.9. The second-order valence-electron chi connectivity index (χ2n) is 4.72. The molecule has 1 aliphatic carbocycles. The number of likely N-dealkylation sites (N-methyl/N-ethyl adjacent to an activating group) is 1. The van der Waals surface area contributed by atoms with E-state index in [4.69, 9.17) is 11.6 Å². The first-order valence-corrected chi connectivity index (χ1v) is 6.56. The van der Waals surface area contributed by atoms with Crippen molar-refractivity contribution in [2.45, 2.75) is 38.1 Å². The molecular weight excluding hydrogens is 218 g/mol. The smallest absolute Gasteiger partial charge is 0.0406 e. The molecule has 1 N–H and O–H groups in total. The summed E-state index contributed by atoms with van der Waals surface area (Å²) in [7, 11) is 2.07. The Kier molecular flexibility index (Phi) is 3.88. The highest BCUT2D eigenvalue weighted by Gasteiger charge is 2.36. The Morgan fingerprint density at radius 2 is 1.94 bits per heavy atom. The van der Waals surface area contributed by atoms with Crippen LogP contribution >= 0.6 is 11.6 Å². The largest absolute Gasteiger partial charge is 0.316 e. The van der Waals surface area contributed by atoms with Crippen molar-refractivity contribution < 1.29 is 0 Å². The molecule has 1 fully saturated rings. The predicted molar refractivity (Wildman–Crippen MR) is 70.1 cm³/mol. The van der Waals surface area contributed by atoms with Crippen molar-refractivity contribution in [2.75, 3.05) is 7.05 Å². The molecule has 1 nitrogen and oxygen atoms in total. The maximum atomic E-state index is 5.94. The van der Waals surface area contributed by atoms with E-state index < -0.39 is 0 Å². The molecule has 1 aliphatic rings. The Hall–Kier alpha value is -0.530. The minimum absolute atomic E-state index is 0.591. The summed E-state index contributed by atoms with van der Waals surface area (Å²) < 4.78 is 0. The van der Waals surface area contributed by atoms with Gasteiger partial charge >= 0.3 is 0 Å². The molecular formula is C14H20ClN. The minimum Gasteiger partial charge on any atom is -0.316 e. The van der Waals surface area contributed by atoms with Crippen LogP contribution in [-0.2, 0) is 0 Å². The summed E-state index contributed by atoms with van der Waals surface area (Å²) in [6, 6.07) is 8.98. The van der Waals surface area contributed by atoms with Crippen LogP contribution in [0.4, 0.5) is 0 Å². The predicted octanol–water partition coefficient (Wildman–Crippen LogP) is 3.83. The average molecular weight is 238 g/mol. The maximum Gasteiger partial charge on any atom is 0.0406 e. The summed E-state index contributed by atoms with van der Waals surface area (Å²) in [5, 5.41) is 4.28. The van der Waals surface area contributed by atoms with E-state index >= 15 is 0 Å². The highest BCUT2D eigenvalue weighted by atomic mass is 35.5. The van der Waals surface area contributed by atoms with E-state index in [9.17, 15) is 0 Å². The molecule has 0 spiro atoms. The van der Waals surface area contributed by atoms with E-state index in [0.717, 1.165) is 10.9 Å². The van der Waals surface area contributed by atoms with Crippen LogP contribution in [0.15, 0.2) is 24.3 Å². The number of rotatable bonds is 5. The first-order chi connectivity index (χ1) is 7.76. The average Bonchev–Trinajstić information content (AvgIpc) is 3.11. The number of hydrogen-bond acceptors (Lipinski definition) is 1. The molecule has 0 amide bonds. The van der Waals surface area contributed by atoms with E-state index in [-0.39, 0.29) is 0 Å². The molecule has 88 valence electrons. The van der Waals surface area contributed by atoms with Gasteiger partial charge in [0.15, 0.2) is 0 Å². The normalized spacial score (nSPS) is 19.4. The van der Waals surface area contributed by atoms with Crippen LogP contribution < -0.4 is 5.32 Å². The van der Waals surface area contributed by atoms with Gasteiger partial charge in [0.25, 0.3) is 0 Å². The molecule has 0 heterocycles. The summed E-state index contributed by atoms with van der Waals surface area (Å²) in [6.45, 7) is 2.26. The zero-order valence-electron chi connectivity index (χ0n) is 10.0. The molecule has 2 rings (SSSR count). The first-order valence-electron chi connectivity index (χ1n) is 6.19. The lowest BCUT2D eigenvalue weighted by atomic mass is 9.86. The van der Waals surface area contributed by atoms with Gasteiger partial charge in [0, 0.05) is 17.0 Å². The van der Waals surface area contributed by atoms with E-state index in [1.54, 1.807) is 0 Å². The number of nitrogens with one attached hydrogen (secondary N) is 1. The Morgan fingerprint density at radius 3 is 2.38 bits per heavy atom. The summed E-state index contributed by atoms with van der Waals surface area (Å²) in [5.41, 5.74) is 1.44. The van der Waals surface area contributed by atoms with Crippen molar-refractivity contribution in [3.63, 3.8) is 0 Å². The van der Waals surface area contributed by atoms with Crippen molar-refractivity contribution in [1.29, 1.82) is 0 Å².